The van der Waals surface area contributed by atoms with Gasteiger partial charge in [0.25, 0.3) is 5.91 Å². The van der Waals surface area contributed by atoms with Crippen molar-refractivity contribution >= 4 is 11.6 Å². The molecule has 0 aliphatic rings. The Hall–Kier alpha value is -1.58. The zero-order valence-corrected chi connectivity index (χ0v) is 9.70. The van der Waals surface area contributed by atoms with Crippen molar-refractivity contribution in [1.29, 1.82) is 0 Å². The number of nitrogens with two attached hydrogens (primary N) is 1. The number of nitrogens with zero attached hydrogens (tertiary/aromatic N) is 1. The largest absolute Gasteiger partial charge is 0.399 e. The van der Waals surface area contributed by atoms with E-state index >= 15 is 0 Å². The van der Waals surface area contributed by atoms with Crippen LogP contribution in [0, 0.1) is 0 Å². The molecule has 1 heterocycles. The first-order valence-electron chi connectivity index (χ1n) is 5.73. The van der Waals surface area contributed by atoms with Gasteiger partial charge in [-0.25, -0.2) is 0 Å². The number of rotatable bonds is 6. The van der Waals surface area contributed by atoms with E-state index in [0.29, 0.717) is 17.9 Å². The summed E-state index contributed by atoms with van der Waals surface area (Å²) in [5.74, 6) is -0.149. The van der Waals surface area contributed by atoms with Gasteiger partial charge in [-0.1, -0.05) is 26.2 Å². The minimum atomic E-state index is -0.149. The molecule has 0 bridgehead atoms. The van der Waals surface area contributed by atoms with Crippen molar-refractivity contribution in [2.45, 2.75) is 32.6 Å². The summed E-state index contributed by atoms with van der Waals surface area (Å²) in [5.41, 5.74) is 6.52. The monoisotopic (exact) mass is 221 g/mol. The maximum Gasteiger partial charge on any atom is 0.269 e. The lowest BCUT2D eigenvalue weighted by Gasteiger charge is -2.04. The number of nitrogens with one attached hydrogen (secondary N) is 1. The number of carbonyl (C=O) groups is 1. The van der Waals surface area contributed by atoms with Crippen molar-refractivity contribution in [1.82, 2.24) is 10.3 Å². The highest BCUT2D eigenvalue weighted by Crippen LogP contribution is 2.03. The molecule has 0 atom stereocenters. The van der Waals surface area contributed by atoms with Crippen LogP contribution in [0.1, 0.15) is 43.1 Å². The topological polar surface area (TPSA) is 68.0 Å². The second kappa shape index (κ2) is 6.82. The molecule has 1 aromatic heterocycles. The van der Waals surface area contributed by atoms with E-state index in [4.69, 9.17) is 5.73 Å². The summed E-state index contributed by atoms with van der Waals surface area (Å²) >= 11 is 0. The summed E-state index contributed by atoms with van der Waals surface area (Å²) in [6, 6.07) is 3.25. The van der Waals surface area contributed by atoms with Crippen LogP contribution in [-0.4, -0.2) is 17.4 Å². The highest BCUT2D eigenvalue weighted by Gasteiger charge is 2.05. The molecule has 0 saturated heterocycles. The lowest BCUT2D eigenvalue weighted by molar-refractivity contribution is 0.0948. The van der Waals surface area contributed by atoms with Crippen LogP contribution in [0.5, 0.6) is 0 Å². The summed E-state index contributed by atoms with van der Waals surface area (Å²) in [4.78, 5) is 15.6. The zero-order valence-electron chi connectivity index (χ0n) is 9.70. The minimum absolute atomic E-state index is 0.149. The van der Waals surface area contributed by atoms with E-state index in [-0.39, 0.29) is 5.91 Å². The molecule has 4 heteroatoms. The summed E-state index contributed by atoms with van der Waals surface area (Å²) < 4.78 is 0. The first kappa shape index (κ1) is 12.5. The molecule has 0 radical (unpaired) electrons. The number of nitrogen functional groups attached to an aromatic ring is 1. The van der Waals surface area contributed by atoms with Gasteiger partial charge in [0, 0.05) is 18.4 Å². The normalized spacial score (nSPS) is 10.1. The van der Waals surface area contributed by atoms with E-state index < -0.39 is 0 Å². The van der Waals surface area contributed by atoms with E-state index in [2.05, 4.69) is 17.2 Å². The van der Waals surface area contributed by atoms with E-state index in [1.807, 2.05) is 0 Å². The van der Waals surface area contributed by atoms with Gasteiger partial charge in [0.2, 0.25) is 0 Å². The predicted molar refractivity (Wildman–Crippen MR) is 65.1 cm³/mol. The van der Waals surface area contributed by atoms with Gasteiger partial charge < -0.3 is 11.1 Å². The van der Waals surface area contributed by atoms with Crippen molar-refractivity contribution in [3.05, 3.63) is 24.0 Å². The van der Waals surface area contributed by atoms with Crippen LogP contribution >= 0.6 is 0 Å². The molecular formula is C12H19N3O. The van der Waals surface area contributed by atoms with Crippen LogP contribution in [0.4, 0.5) is 5.69 Å². The standard InChI is InChI=1S/C12H19N3O/c1-2-3-4-5-7-15-12(16)11-9-10(13)6-8-14-11/h6,8-9H,2-5,7H2,1H3,(H2,13,14)(H,15,16). The summed E-state index contributed by atoms with van der Waals surface area (Å²) in [6.07, 6.45) is 6.13. The van der Waals surface area contributed by atoms with Crippen molar-refractivity contribution < 1.29 is 4.79 Å². The van der Waals surface area contributed by atoms with E-state index in [1.165, 1.54) is 12.8 Å². The van der Waals surface area contributed by atoms with E-state index in [1.54, 1.807) is 18.3 Å². The molecule has 1 rings (SSSR count). The Morgan fingerprint density at radius 2 is 2.25 bits per heavy atom. The summed E-state index contributed by atoms with van der Waals surface area (Å²) in [7, 11) is 0. The summed E-state index contributed by atoms with van der Waals surface area (Å²) in [6.45, 7) is 2.87. The van der Waals surface area contributed by atoms with E-state index in [0.717, 1.165) is 12.8 Å². The van der Waals surface area contributed by atoms with Crippen LogP contribution in [0.25, 0.3) is 0 Å². The van der Waals surface area contributed by atoms with Gasteiger partial charge in [0.1, 0.15) is 5.69 Å². The van der Waals surface area contributed by atoms with Gasteiger partial charge in [-0.15, -0.1) is 0 Å². The molecule has 16 heavy (non-hydrogen) atoms. The SMILES string of the molecule is CCCCCCNC(=O)c1cc(N)ccn1. The molecule has 0 aromatic carbocycles. The number of unbranched alkanes of at least 4 members (excludes halogenated alkanes) is 3. The molecule has 0 saturated carbocycles. The number of carbonyl (C=O) groups excluding carboxylic acids is 1. The number of hydrogen-bond donors (Lipinski definition) is 2. The maximum absolute atomic E-state index is 11.6. The van der Waals surface area contributed by atoms with Gasteiger partial charge in [-0.2, -0.15) is 0 Å². The molecule has 88 valence electrons. The molecule has 0 aliphatic heterocycles. The first-order valence-corrected chi connectivity index (χ1v) is 5.73. The van der Waals surface area contributed by atoms with Gasteiger partial charge in [0.05, 0.1) is 0 Å². The molecule has 0 spiro atoms. The average molecular weight is 221 g/mol. The third-order valence-corrected chi connectivity index (χ3v) is 2.33. The fraction of sp³-hybridized carbons (Fsp3) is 0.500. The lowest BCUT2D eigenvalue weighted by Crippen LogP contribution is -2.25. The number of pyridine rings is 1. The van der Waals surface area contributed by atoms with Crippen LogP contribution in [0.15, 0.2) is 18.3 Å². The second-order valence-electron chi connectivity index (χ2n) is 3.79. The summed E-state index contributed by atoms with van der Waals surface area (Å²) in [5, 5.41) is 2.83. The highest BCUT2D eigenvalue weighted by molar-refractivity contribution is 5.92. The number of aromatic nitrogens is 1. The third kappa shape index (κ3) is 4.29. The van der Waals surface area contributed by atoms with Gasteiger partial charge in [-0.3, -0.25) is 9.78 Å². The molecule has 0 fully saturated rings. The molecule has 4 nitrogen and oxygen atoms in total. The van der Waals surface area contributed by atoms with Crippen LogP contribution in [0.2, 0.25) is 0 Å². The molecule has 0 unspecified atom stereocenters. The van der Waals surface area contributed by atoms with Gasteiger partial charge >= 0.3 is 0 Å². The average Bonchev–Trinajstić information content (AvgIpc) is 2.28. The highest BCUT2D eigenvalue weighted by atomic mass is 16.1. The fourth-order valence-electron chi connectivity index (χ4n) is 1.42. The first-order chi connectivity index (χ1) is 7.74. The van der Waals surface area contributed by atoms with Crippen LogP contribution < -0.4 is 11.1 Å². The second-order valence-corrected chi connectivity index (χ2v) is 3.79. The molecule has 1 aromatic rings. The Morgan fingerprint density at radius 1 is 1.44 bits per heavy atom. The lowest BCUT2D eigenvalue weighted by atomic mass is 10.2. The smallest absolute Gasteiger partial charge is 0.269 e. The van der Waals surface area contributed by atoms with E-state index in [9.17, 15) is 4.79 Å². The van der Waals surface area contributed by atoms with Crippen molar-refractivity contribution in [2.75, 3.05) is 12.3 Å². The predicted octanol–water partition coefficient (Wildman–Crippen LogP) is 1.97. The number of anilines is 1. The zero-order chi connectivity index (χ0) is 11.8. The van der Waals surface area contributed by atoms with Crippen molar-refractivity contribution in [3.8, 4) is 0 Å². The fourth-order valence-corrected chi connectivity index (χ4v) is 1.42. The Kier molecular flexibility index (Phi) is 5.32. The van der Waals surface area contributed by atoms with Crippen LogP contribution in [-0.2, 0) is 0 Å². The molecule has 3 N–H and O–H groups in total. The Labute approximate surface area is 96.3 Å². The van der Waals surface area contributed by atoms with Crippen molar-refractivity contribution in [2.24, 2.45) is 0 Å². The maximum atomic E-state index is 11.6. The number of hydrogen-bond acceptors (Lipinski definition) is 3. The number of amides is 1. The van der Waals surface area contributed by atoms with Crippen LogP contribution in [0.3, 0.4) is 0 Å². The molecule has 1 amide bonds. The van der Waals surface area contributed by atoms with Gasteiger partial charge in [-0.05, 0) is 18.6 Å². The molecular weight excluding hydrogens is 202 g/mol. The molecule has 0 aliphatic carbocycles. The Balaban J connectivity index is 2.30. The van der Waals surface area contributed by atoms with Gasteiger partial charge in [0.15, 0.2) is 0 Å². The minimum Gasteiger partial charge on any atom is -0.399 e. The quantitative estimate of drug-likeness (QED) is 0.722. The Bertz CT molecular complexity index is 339. The third-order valence-electron chi connectivity index (χ3n) is 2.33. The Morgan fingerprint density at radius 3 is 2.94 bits per heavy atom. The van der Waals surface area contributed by atoms with Crippen molar-refractivity contribution in [3.63, 3.8) is 0 Å².